The molecule has 0 aliphatic carbocycles. The zero-order valence-electron chi connectivity index (χ0n) is 32.0. The molecule has 0 bridgehead atoms. The van der Waals surface area contributed by atoms with Crippen molar-refractivity contribution >= 4 is 69.3 Å². The van der Waals surface area contributed by atoms with Gasteiger partial charge >= 0.3 is 0 Å². The zero-order chi connectivity index (χ0) is 39.8. The normalized spacial score (nSPS) is 15.1. The number of thiophene rings is 1. The molecule has 0 fully saturated rings. The van der Waals surface area contributed by atoms with Crippen LogP contribution in [0.5, 0.6) is 5.75 Å². The number of nitrogens with one attached hydrogen (secondary N) is 1. The average Bonchev–Trinajstić information content (AvgIpc) is 3.62. The number of nitriles is 1. The minimum atomic E-state index is -0.934. The standard InChI is InChI=1S/C40H44Cl2N8O4S/c1-23-24(2)55-37-34(23)35(26-9-11-27(42)12-10-26)44-29(36-47-46-25(3)50(36)37)20-32(51)45-40(6,7)22-39(4,5)38(53)49-17-18-54-31-14-13-28(19-30(31)49)48(16-8-15-43)33(52)21-41/h9-14,19,29H,8,16-18,20-22H2,1-7H3,(H,45,51)/t29-/m0/s1. The molecule has 15 heteroatoms. The van der Waals surface area contributed by atoms with Crippen LogP contribution in [0.2, 0.25) is 5.02 Å². The van der Waals surface area contributed by atoms with Crippen LogP contribution in [0.4, 0.5) is 11.4 Å². The third kappa shape index (κ3) is 8.13. The van der Waals surface area contributed by atoms with Crippen LogP contribution in [-0.4, -0.2) is 69.3 Å². The highest BCUT2D eigenvalue weighted by Gasteiger charge is 2.41. The number of benzene rings is 2. The van der Waals surface area contributed by atoms with E-state index in [0.29, 0.717) is 53.4 Å². The summed E-state index contributed by atoms with van der Waals surface area (Å²) >= 11 is 13.8. The number of hydrogen-bond donors (Lipinski definition) is 1. The predicted molar refractivity (Wildman–Crippen MR) is 216 cm³/mol. The molecule has 0 spiro atoms. The maximum absolute atomic E-state index is 14.4. The molecule has 0 saturated carbocycles. The Morgan fingerprint density at radius 2 is 1.82 bits per heavy atom. The van der Waals surface area contributed by atoms with Crippen LogP contribution in [0.25, 0.3) is 5.00 Å². The second kappa shape index (κ2) is 15.8. The molecule has 12 nitrogen and oxygen atoms in total. The third-order valence-corrected chi connectivity index (χ3v) is 11.6. The smallest absolute Gasteiger partial charge is 0.241 e. The SMILES string of the molecule is Cc1sc2c(c1C)C(c1ccc(Cl)cc1)=N[C@@H](CC(=O)NC(C)(C)CC(C)(C)C(=O)N1CCOc3ccc(N(CCC#N)C(=O)CCl)cc31)c1nnc(C)n1-2. The highest BCUT2D eigenvalue weighted by molar-refractivity contribution is 7.15. The molecule has 55 heavy (non-hydrogen) atoms. The number of rotatable bonds is 11. The van der Waals surface area contributed by atoms with E-state index in [4.69, 9.17) is 38.2 Å². The van der Waals surface area contributed by atoms with Crippen molar-refractivity contribution in [3.63, 3.8) is 0 Å². The predicted octanol–water partition coefficient (Wildman–Crippen LogP) is 7.41. The molecule has 1 atom stereocenters. The van der Waals surface area contributed by atoms with E-state index in [9.17, 15) is 14.4 Å². The van der Waals surface area contributed by atoms with Crippen molar-refractivity contribution < 1.29 is 19.1 Å². The average molecular weight is 804 g/mol. The van der Waals surface area contributed by atoms with Gasteiger partial charge in [-0.1, -0.05) is 37.6 Å². The fourth-order valence-electron chi connectivity index (χ4n) is 7.54. The van der Waals surface area contributed by atoms with Crippen LogP contribution in [0, 0.1) is 37.5 Å². The largest absolute Gasteiger partial charge is 0.490 e. The molecule has 1 N–H and O–H groups in total. The van der Waals surface area contributed by atoms with E-state index in [0.717, 1.165) is 32.3 Å². The summed E-state index contributed by atoms with van der Waals surface area (Å²) in [7, 11) is 0. The van der Waals surface area contributed by atoms with Crippen LogP contribution in [0.3, 0.4) is 0 Å². The van der Waals surface area contributed by atoms with Gasteiger partial charge in [-0.25, -0.2) is 0 Å². The molecule has 6 rings (SSSR count). The van der Waals surface area contributed by atoms with E-state index in [1.807, 2.05) is 63.5 Å². The molecule has 3 amide bonds. The number of fused-ring (bicyclic) bond motifs is 4. The number of halogens is 2. The third-order valence-electron chi connectivity index (χ3n) is 9.90. The summed E-state index contributed by atoms with van der Waals surface area (Å²) in [5, 5.41) is 22.9. The van der Waals surface area contributed by atoms with E-state index in [2.05, 4.69) is 35.4 Å². The van der Waals surface area contributed by atoms with Gasteiger partial charge in [-0.05, 0) is 76.9 Å². The highest BCUT2D eigenvalue weighted by Crippen LogP contribution is 2.41. The Balaban J connectivity index is 1.24. The topological polar surface area (TPSA) is 146 Å². The monoisotopic (exact) mass is 802 g/mol. The highest BCUT2D eigenvalue weighted by atomic mass is 35.5. The van der Waals surface area contributed by atoms with Gasteiger partial charge in [0.2, 0.25) is 17.7 Å². The molecule has 0 unspecified atom stereocenters. The minimum absolute atomic E-state index is 0.00292. The number of aliphatic imine (C=N–C) groups is 1. The van der Waals surface area contributed by atoms with Crippen LogP contribution >= 0.6 is 34.5 Å². The number of carbonyl (C=O) groups is 3. The van der Waals surface area contributed by atoms with Gasteiger partial charge in [0.15, 0.2) is 5.82 Å². The molecule has 2 aliphatic rings. The molecular formula is C40H44Cl2N8O4S. The Kier molecular flexibility index (Phi) is 11.4. The van der Waals surface area contributed by atoms with Gasteiger partial charge in [0, 0.05) is 44.2 Å². The van der Waals surface area contributed by atoms with Gasteiger partial charge in [0.05, 0.1) is 36.9 Å². The lowest BCUT2D eigenvalue weighted by molar-refractivity contribution is -0.129. The Morgan fingerprint density at radius 3 is 2.51 bits per heavy atom. The Morgan fingerprint density at radius 1 is 1.09 bits per heavy atom. The summed E-state index contributed by atoms with van der Waals surface area (Å²) < 4.78 is 7.90. The number of carbonyl (C=O) groups excluding carboxylic acids is 3. The number of ether oxygens (including phenoxy) is 1. The van der Waals surface area contributed by atoms with E-state index in [-0.39, 0.29) is 43.0 Å². The van der Waals surface area contributed by atoms with Crippen LogP contribution < -0.4 is 19.9 Å². The number of alkyl halides is 1. The van der Waals surface area contributed by atoms with E-state index in [1.54, 1.807) is 34.4 Å². The first kappa shape index (κ1) is 39.9. The van der Waals surface area contributed by atoms with Crippen molar-refractivity contribution in [3.05, 3.63) is 80.7 Å². The van der Waals surface area contributed by atoms with Crippen molar-refractivity contribution in [2.24, 2.45) is 10.4 Å². The van der Waals surface area contributed by atoms with E-state index < -0.39 is 17.0 Å². The van der Waals surface area contributed by atoms with Gasteiger partial charge in [-0.15, -0.1) is 33.1 Å². The molecule has 288 valence electrons. The zero-order valence-corrected chi connectivity index (χ0v) is 34.3. The first-order valence-electron chi connectivity index (χ1n) is 18.0. The number of amides is 3. The van der Waals surface area contributed by atoms with Gasteiger partial charge in [-0.2, -0.15) is 5.26 Å². The quantitative estimate of drug-likeness (QED) is 0.156. The lowest BCUT2D eigenvalue weighted by Crippen LogP contribution is -2.52. The Bertz CT molecular complexity index is 2220. The number of nitrogens with zero attached hydrogens (tertiary/aromatic N) is 7. The number of anilines is 2. The van der Waals surface area contributed by atoms with Gasteiger partial charge < -0.3 is 19.9 Å². The molecule has 0 saturated heterocycles. The molecule has 4 aromatic rings. The van der Waals surface area contributed by atoms with Crippen LogP contribution in [0.15, 0.2) is 47.5 Å². The van der Waals surface area contributed by atoms with Gasteiger partial charge in [0.1, 0.15) is 35.1 Å². The van der Waals surface area contributed by atoms with Gasteiger partial charge in [0.25, 0.3) is 0 Å². The summed E-state index contributed by atoms with van der Waals surface area (Å²) in [6.07, 6.45) is 0.436. The number of aromatic nitrogens is 3. The maximum Gasteiger partial charge on any atom is 0.241 e. The second-order valence-electron chi connectivity index (χ2n) is 15.1. The first-order valence-corrected chi connectivity index (χ1v) is 19.8. The lowest BCUT2D eigenvalue weighted by atomic mass is 9.78. The van der Waals surface area contributed by atoms with E-state index in [1.165, 1.54) is 4.90 Å². The summed E-state index contributed by atoms with van der Waals surface area (Å²) in [4.78, 5) is 50.6. The van der Waals surface area contributed by atoms with Crippen LogP contribution in [-0.2, 0) is 14.4 Å². The summed E-state index contributed by atoms with van der Waals surface area (Å²) in [6.45, 7) is 14.3. The maximum atomic E-state index is 14.4. The van der Waals surface area contributed by atoms with Crippen molar-refractivity contribution in [2.75, 3.05) is 35.4 Å². The molecule has 0 radical (unpaired) electrons. The Hall–Kier alpha value is -4.77. The molecular weight excluding hydrogens is 759 g/mol. The van der Waals surface area contributed by atoms with Gasteiger partial charge in [-0.3, -0.25) is 23.9 Å². The Labute approximate surface area is 335 Å². The summed E-state index contributed by atoms with van der Waals surface area (Å²) in [5.74, 6) is 0.785. The second-order valence-corrected chi connectivity index (χ2v) is 17.1. The summed E-state index contributed by atoms with van der Waals surface area (Å²) in [6, 6.07) is 14.1. The van der Waals surface area contributed by atoms with Crippen molar-refractivity contribution in [1.82, 2.24) is 20.1 Å². The fraction of sp³-hybridized carbons (Fsp3) is 0.425. The first-order chi connectivity index (χ1) is 26.0. The summed E-state index contributed by atoms with van der Waals surface area (Å²) in [5.41, 5.74) is 3.02. The number of aryl methyl sites for hydroxylation is 2. The van der Waals surface area contributed by atoms with E-state index >= 15 is 0 Å². The van der Waals surface area contributed by atoms with Crippen molar-refractivity contribution in [3.8, 4) is 16.8 Å². The molecule has 2 aliphatic heterocycles. The van der Waals surface area contributed by atoms with Crippen molar-refractivity contribution in [1.29, 1.82) is 5.26 Å². The fourth-order valence-corrected chi connectivity index (χ4v) is 9.03. The number of hydrogen-bond acceptors (Lipinski definition) is 9. The lowest BCUT2D eigenvalue weighted by Gasteiger charge is -2.40. The minimum Gasteiger partial charge on any atom is -0.490 e. The molecule has 4 heterocycles. The van der Waals surface area contributed by atoms with Crippen LogP contribution in [0.1, 0.15) is 86.2 Å². The molecule has 2 aromatic carbocycles. The van der Waals surface area contributed by atoms with Crippen molar-refractivity contribution in [2.45, 2.75) is 79.3 Å². The molecule has 2 aromatic heterocycles.